The molecule has 1 aliphatic rings. The predicted molar refractivity (Wildman–Crippen MR) is 89.4 cm³/mol. The molecule has 0 bridgehead atoms. The van der Waals surface area contributed by atoms with Crippen LogP contribution in [0.25, 0.3) is 4.47 Å². The molecule has 0 fully saturated rings. The Labute approximate surface area is 133 Å². The molecule has 0 atom stereocenters. The molecule has 0 unspecified atom stereocenters. The minimum atomic E-state index is 0.337. The first-order valence-electron chi connectivity index (χ1n) is 6.10. The van der Waals surface area contributed by atoms with Crippen LogP contribution in [0.15, 0.2) is 52.1 Å². The number of hydrogen-bond donors (Lipinski definition) is 0. The molecule has 0 N–H and O–H groups in total. The van der Waals surface area contributed by atoms with E-state index in [9.17, 15) is 0 Å². The fourth-order valence-corrected chi connectivity index (χ4v) is 5.14. The van der Waals surface area contributed by atoms with E-state index in [-0.39, 0.29) is 0 Å². The standard InChI is InChI=1S/C16H13IOSe/c1-11-6-5-9-13-15(11)18-10-14(17)16(13)19-12-7-3-2-4-8-12/h2-9H,10H2,1H3. The Bertz CT molecular complexity index is 634. The van der Waals surface area contributed by atoms with Gasteiger partial charge in [-0.05, 0) is 0 Å². The number of aryl methyl sites for hydroxylation is 1. The molecule has 2 aromatic rings. The zero-order valence-electron chi connectivity index (χ0n) is 10.5. The van der Waals surface area contributed by atoms with Gasteiger partial charge in [-0.25, -0.2) is 0 Å². The molecule has 2 aromatic carbocycles. The maximum absolute atomic E-state index is 5.88. The summed E-state index contributed by atoms with van der Waals surface area (Å²) in [5.41, 5.74) is 2.50. The Hall–Kier alpha value is -0.771. The Balaban J connectivity index is 2.03. The summed E-state index contributed by atoms with van der Waals surface area (Å²) in [6.45, 7) is 2.83. The average molecular weight is 427 g/mol. The van der Waals surface area contributed by atoms with E-state index < -0.39 is 0 Å². The zero-order valence-corrected chi connectivity index (χ0v) is 14.4. The summed E-state index contributed by atoms with van der Waals surface area (Å²) in [6, 6.07) is 17.1. The molecule has 19 heavy (non-hydrogen) atoms. The van der Waals surface area contributed by atoms with Crippen molar-refractivity contribution >= 4 is 46.5 Å². The molecule has 0 aliphatic carbocycles. The van der Waals surface area contributed by atoms with E-state index >= 15 is 0 Å². The fraction of sp³-hybridized carbons (Fsp3) is 0.125. The van der Waals surface area contributed by atoms with Crippen molar-refractivity contribution in [3.63, 3.8) is 0 Å². The van der Waals surface area contributed by atoms with Crippen molar-refractivity contribution in [2.75, 3.05) is 6.61 Å². The molecule has 0 saturated heterocycles. The number of para-hydroxylation sites is 1. The van der Waals surface area contributed by atoms with Crippen molar-refractivity contribution in [2.24, 2.45) is 0 Å². The van der Waals surface area contributed by atoms with Gasteiger partial charge in [0.1, 0.15) is 0 Å². The van der Waals surface area contributed by atoms with E-state index in [2.05, 4.69) is 78.0 Å². The zero-order chi connectivity index (χ0) is 13.2. The Kier molecular flexibility index (Phi) is 3.96. The third-order valence-corrected chi connectivity index (χ3v) is 7.15. The molecule has 1 heterocycles. The number of rotatable bonds is 2. The van der Waals surface area contributed by atoms with E-state index in [0.29, 0.717) is 21.6 Å². The Morgan fingerprint density at radius 1 is 1.05 bits per heavy atom. The Morgan fingerprint density at radius 3 is 2.63 bits per heavy atom. The van der Waals surface area contributed by atoms with Crippen LogP contribution in [-0.4, -0.2) is 21.6 Å². The van der Waals surface area contributed by atoms with Crippen molar-refractivity contribution in [3.8, 4) is 5.75 Å². The van der Waals surface area contributed by atoms with Gasteiger partial charge in [-0.15, -0.1) is 0 Å². The van der Waals surface area contributed by atoms with E-state index in [4.69, 9.17) is 4.74 Å². The summed E-state index contributed by atoms with van der Waals surface area (Å²) in [6.07, 6.45) is 0. The molecule has 0 saturated carbocycles. The summed E-state index contributed by atoms with van der Waals surface area (Å²) in [5, 5.41) is 0. The van der Waals surface area contributed by atoms with Gasteiger partial charge >= 0.3 is 134 Å². The molecule has 0 amide bonds. The number of fused-ring (bicyclic) bond motifs is 1. The second kappa shape index (κ2) is 5.69. The van der Waals surface area contributed by atoms with Crippen molar-refractivity contribution < 1.29 is 4.74 Å². The average Bonchev–Trinajstić information content (AvgIpc) is 2.43. The van der Waals surface area contributed by atoms with Gasteiger partial charge < -0.3 is 0 Å². The first-order chi connectivity index (χ1) is 9.25. The predicted octanol–water partition coefficient (Wildman–Crippen LogP) is 3.52. The van der Waals surface area contributed by atoms with Crippen molar-refractivity contribution in [1.29, 1.82) is 0 Å². The van der Waals surface area contributed by atoms with E-state index in [0.717, 1.165) is 5.75 Å². The number of benzene rings is 2. The minimum absolute atomic E-state index is 0.337. The van der Waals surface area contributed by atoms with Gasteiger partial charge in [0.15, 0.2) is 0 Å². The third-order valence-electron chi connectivity index (χ3n) is 3.01. The van der Waals surface area contributed by atoms with E-state index in [1.807, 2.05) is 0 Å². The monoisotopic (exact) mass is 428 g/mol. The molecular weight excluding hydrogens is 414 g/mol. The summed E-state index contributed by atoms with van der Waals surface area (Å²) in [5.74, 6) is 1.07. The maximum atomic E-state index is 5.88. The van der Waals surface area contributed by atoms with Crippen molar-refractivity contribution in [3.05, 3.63) is 63.2 Å². The normalized spacial score (nSPS) is 14.0. The van der Waals surface area contributed by atoms with Gasteiger partial charge in [0.2, 0.25) is 0 Å². The molecule has 96 valence electrons. The quantitative estimate of drug-likeness (QED) is 0.527. The first-order valence-corrected chi connectivity index (χ1v) is 8.89. The molecule has 0 aromatic heterocycles. The molecule has 3 rings (SSSR count). The summed E-state index contributed by atoms with van der Waals surface area (Å²) >= 11 is 2.76. The third kappa shape index (κ3) is 2.73. The van der Waals surface area contributed by atoms with Crippen LogP contribution in [0, 0.1) is 6.92 Å². The van der Waals surface area contributed by atoms with Crippen LogP contribution in [0.2, 0.25) is 0 Å². The molecule has 1 aliphatic heterocycles. The van der Waals surface area contributed by atoms with E-state index in [1.165, 1.54) is 23.6 Å². The van der Waals surface area contributed by atoms with Crippen LogP contribution >= 0.6 is 22.6 Å². The molecule has 0 spiro atoms. The molecule has 1 nitrogen and oxygen atoms in total. The van der Waals surface area contributed by atoms with E-state index in [1.54, 1.807) is 0 Å². The van der Waals surface area contributed by atoms with Crippen LogP contribution in [0.1, 0.15) is 11.1 Å². The van der Waals surface area contributed by atoms with Crippen molar-refractivity contribution in [1.82, 2.24) is 0 Å². The van der Waals surface area contributed by atoms with Crippen LogP contribution in [0.5, 0.6) is 5.75 Å². The molecular formula is C16H13IOSe. The van der Waals surface area contributed by atoms with Crippen molar-refractivity contribution in [2.45, 2.75) is 6.92 Å². The van der Waals surface area contributed by atoms with Gasteiger partial charge in [0.05, 0.1) is 0 Å². The van der Waals surface area contributed by atoms with Crippen LogP contribution in [0.4, 0.5) is 0 Å². The van der Waals surface area contributed by atoms with Gasteiger partial charge in [0.25, 0.3) is 0 Å². The van der Waals surface area contributed by atoms with Crippen LogP contribution in [-0.2, 0) is 0 Å². The number of halogens is 1. The SMILES string of the molecule is Cc1cccc2c1OCC(I)=C2[Se]c1ccccc1. The second-order valence-electron chi connectivity index (χ2n) is 4.39. The molecule has 3 heteroatoms. The molecule has 0 radical (unpaired) electrons. The topological polar surface area (TPSA) is 9.23 Å². The summed E-state index contributed by atoms with van der Waals surface area (Å²) in [7, 11) is 0. The van der Waals surface area contributed by atoms with Gasteiger partial charge in [-0.3, -0.25) is 0 Å². The van der Waals surface area contributed by atoms with Gasteiger partial charge in [-0.2, -0.15) is 0 Å². The summed E-state index contributed by atoms with van der Waals surface area (Å²) < 4.78 is 10.1. The van der Waals surface area contributed by atoms with Gasteiger partial charge in [-0.1, -0.05) is 0 Å². The second-order valence-corrected chi connectivity index (χ2v) is 7.97. The summed E-state index contributed by atoms with van der Waals surface area (Å²) in [4.78, 5) is 0. The number of ether oxygens (including phenoxy) is 1. The number of hydrogen-bond acceptors (Lipinski definition) is 1. The first kappa shape index (κ1) is 13.2. The fourth-order valence-electron chi connectivity index (χ4n) is 2.09. The van der Waals surface area contributed by atoms with Gasteiger partial charge in [0, 0.05) is 0 Å². The van der Waals surface area contributed by atoms with Crippen LogP contribution < -0.4 is 9.20 Å². The van der Waals surface area contributed by atoms with Crippen LogP contribution in [0.3, 0.4) is 0 Å². The Morgan fingerprint density at radius 2 is 1.84 bits per heavy atom.